The summed E-state index contributed by atoms with van der Waals surface area (Å²) in [4.78, 5) is 31.5. The molecule has 1 saturated heterocycles. The third-order valence-electron chi connectivity index (χ3n) is 5.22. The van der Waals surface area contributed by atoms with Gasteiger partial charge in [-0.3, -0.25) is 0 Å². The van der Waals surface area contributed by atoms with Gasteiger partial charge in [-0.05, 0) is 47.4 Å². The first-order valence-electron chi connectivity index (χ1n) is 10.5. The van der Waals surface area contributed by atoms with E-state index in [0.29, 0.717) is 13.3 Å². The summed E-state index contributed by atoms with van der Waals surface area (Å²) in [5, 5.41) is 2.85. The lowest BCUT2D eigenvalue weighted by molar-refractivity contribution is -0.144. The number of rotatable bonds is 9. The SMILES string of the molecule is COC(=O)C(NC(=O)N1CCC[C@H]1c1nc(I)cn1COCC[Si](C)(C)C)C(C)C. The number of carbonyl (C=O) groups excluding carboxylic acids is 2. The van der Waals surface area contributed by atoms with Crippen LogP contribution in [0.5, 0.6) is 0 Å². The van der Waals surface area contributed by atoms with Gasteiger partial charge in [0.05, 0.1) is 13.2 Å². The van der Waals surface area contributed by atoms with Crippen molar-refractivity contribution in [3.05, 3.63) is 15.7 Å². The van der Waals surface area contributed by atoms with Crippen molar-refractivity contribution in [2.24, 2.45) is 5.92 Å². The van der Waals surface area contributed by atoms with Crippen LogP contribution in [-0.2, 0) is 21.0 Å². The monoisotopic (exact) mass is 550 g/mol. The highest BCUT2D eigenvalue weighted by molar-refractivity contribution is 14.1. The molecule has 0 aliphatic carbocycles. The van der Waals surface area contributed by atoms with E-state index in [0.717, 1.165) is 35.0 Å². The van der Waals surface area contributed by atoms with E-state index in [2.05, 4.69) is 52.5 Å². The number of hydrogen-bond donors (Lipinski definition) is 1. The number of nitrogens with one attached hydrogen (secondary N) is 1. The fourth-order valence-corrected chi connectivity index (χ4v) is 4.77. The summed E-state index contributed by atoms with van der Waals surface area (Å²) in [6, 6.07) is 0.0369. The van der Waals surface area contributed by atoms with E-state index >= 15 is 0 Å². The molecule has 1 aromatic heterocycles. The van der Waals surface area contributed by atoms with E-state index in [1.165, 1.54) is 7.11 Å². The van der Waals surface area contributed by atoms with Crippen molar-refractivity contribution in [2.75, 3.05) is 20.3 Å². The average molecular weight is 551 g/mol. The van der Waals surface area contributed by atoms with Crippen molar-refractivity contribution < 1.29 is 19.1 Å². The Bertz CT molecular complexity index is 735. The zero-order valence-electron chi connectivity index (χ0n) is 18.9. The number of esters is 1. The lowest BCUT2D eigenvalue weighted by Gasteiger charge is -2.28. The zero-order valence-corrected chi connectivity index (χ0v) is 22.1. The Kier molecular flexibility index (Phi) is 9.16. The molecule has 1 aromatic rings. The molecule has 1 N–H and O–H groups in total. The number of likely N-dealkylation sites (tertiary alicyclic amines) is 1. The third-order valence-corrected chi connectivity index (χ3v) is 7.44. The number of amides is 2. The third kappa shape index (κ3) is 6.94. The Morgan fingerprint density at radius 1 is 1.37 bits per heavy atom. The van der Waals surface area contributed by atoms with Gasteiger partial charge in [-0.1, -0.05) is 33.5 Å². The highest BCUT2D eigenvalue weighted by atomic mass is 127. The van der Waals surface area contributed by atoms with Gasteiger partial charge in [0, 0.05) is 27.4 Å². The predicted octanol–water partition coefficient (Wildman–Crippen LogP) is 3.84. The Morgan fingerprint density at radius 2 is 2.07 bits per heavy atom. The number of nitrogens with zero attached hydrogens (tertiary/aromatic N) is 3. The van der Waals surface area contributed by atoms with E-state index < -0.39 is 20.1 Å². The number of urea groups is 1. The van der Waals surface area contributed by atoms with Crippen LogP contribution in [0.3, 0.4) is 0 Å². The normalized spacial score (nSPS) is 18.0. The maximum atomic E-state index is 13.0. The second-order valence-corrected chi connectivity index (χ2v) is 16.0. The number of hydrogen-bond acceptors (Lipinski definition) is 5. The molecule has 2 heterocycles. The van der Waals surface area contributed by atoms with Crippen molar-refractivity contribution in [1.82, 2.24) is 19.8 Å². The zero-order chi connectivity index (χ0) is 22.5. The first-order valence-corrected chi connectivity index (χ1v) is 15.3. The maximum Gasteiger partial charge on any atom is 0.328 e. The molecule has 1 aliphatic rings. The molecule has 0 aromatic carbocycles. The van der Waals surface area contributed by atoms with Crippen LogP contribution >= 0.6 is 22.6 Å². The lowest BCUT2D eigenvalue weighted by atomic mass is 10.1. The number of carbonyl (C=O) groups is 2. The molecule has 1 unspecified atom stereocenters. The lowest BCUT2D eigenvalue weighted by Crippen LogP contribution is -2.50. The molecule has 0 bridgehead atoms. The molecule has 1 fully saturated rings. The van der Waals surface area contributed by atoms with Crippen LogP contribution < -0.4 is 5.32 Å². The number of imidazole rings is 1. The Morgan fingerprint density at radius 3 is 2.67 bits per heavy atom. The molecular formula is C20H35IN4O4Si. The number of ether oxygens (including phenoxy) is 2. The van der Waals surface area contributed by atoms with Gasteiger partial charge in [-0.2, -0.15) is 0 Å². The first-order chi connectivity index (χ1) is 14.0. The van der Waals surface area contributed by atoms with Crippen LogP contribution in [0.25, 0.3) is 0 Å². The van der Waals surface area contributed by atoms with Gasteiger partial charge >= 0.3 is 12.0 Å². The summed E-state index contributed by atoms with van der Waals surface area (Å²) < 4.78 is 13.6. The quantitative estimate of drug-likeness (QED) is 0.219. The molecule has 0 saturated carbocycles. The van der Waals surface area contributed by atoms with Crippen molar-refractivity contribution in [1.29, 1.82) is 0 Å². The molecule has 170 valence electrons. The van der Waals surface area contributed by atoms with E-state index in [9.17, 15) is 9.59 Å². The van der Waals surface area contributed by atoms with E-state index in [1.54, 1.807) is 4.90 Å². The van der Waals surface area contributed by atoms with Crippen LogP contribution in [0.2, 0.25) is 25.7 Å². The minimum absolute atomic E-state index is 0.0647. The molecular weight excluding hydrogens is 515 g/mol. The largest absolute Gasteiger partial charge is 0.467 e. The van der Waals surface area contributed by atoms with Crippen molar-refractivity contribution in [3.8, 4) is 0 Å². The van der Waals surface area contributed by atoms with Crippen molar-refractivity contribution in [3.63, 3.8) is 0 Å². The van der Waals surface area contributed by atoms with Gasteiger partial charge in [0.15, 0.2) is 0 Å². The van der Waals surface area contributed by atoms with Crippen LogP contribution in [0.15, 0.2) is 6.20 Å². The molecule has 30 heavy (non-hydrogen) atoms. The van der Waals surface area contributed by atoms with Crippen LogP contribution in [-0.4, -0.2) is 60.8 Å². The summed E-state index contributed by atoms with van der Waals surface area (Å²) in [5.41, 5.74) is 0. The summed E-state index contributed by atoms with van der Waals surface area (Å²) in [5.74, 6) is 0.338. The molecule has 2 atom stereocenters. The molecule has 2 amide bonds. The molecule has 0 spiro atoms. The molecule has 8 nitrogen and oxygen atoms in total. The van der Waals surface area contributed by atoms with Gasteiger partial charge in [0.1, 0.15) is 22.3 Å². The second-order valence-electron chi connectivity index (χ2n) is 9.29. The Labute approximate surface area is 194 Å². The van der Waals surface area contributed by atoms with Crippen LogP contribution in [0.1, 0.15) is 38.6 Å². The number of halogens is 1. The van der Waals surface area contributed by atoms with Gasteiger partial charge in [0.25, 0.3) is 0 Å². The minimum atomic E-state index is -1.14. The Hall–Kier alpha value is -1.14. The second kappa shape index (κ2) is 10.9. The summed E-state index contributed by atoms with van der Waals surface area (Å²) in [6.07, 6.45) is 3.69. The maximum absolute atomic E-state index is 13.0. The summed E-state index contributed by atoms with van der Waals surface area (Å²) in [7, 11) is 0.193. The number of aromatic nitrogens is 2. The smallest absolute Gasteiger partial charge is 0.328 e. The van der Waals surface area contributed by atoms with Gasteiger partial charge < -0.3 is 24.3 Å². The standard InChI is InChI=1S/C20H35IN4O4Si/c1-14(2)17(19(26)28-3)23-20(27)25-9-7-8-15(25)18-22-16(21)12-24(18)13-29-10-11-30(4,5)6/h12,14-15,17H,7-11,13H2,1-6H3,(H,23,27)/t15-,17?/m0/s1. The van der Waals surface area contributed by atoms with Gasteiger partial charge in [0.2, 0.25) is 0 Å². The summed E-state index contributed by atoms with van der Waals surface area (Å²) >= 11 is 2.19. The van der Waals surface area contributed by atoms with E-state index in [-0.39, 0.29) is 18.0 Å². The molecule has 10 heteroatoms. The van der Waals surface area contributed by atoms with Gasteiger partial charge in [-0.15, -0.1) is 0 Å². The minimum Gasteiger partial charge on any atom is -0.467 e. The van der Waals surface area contributed by atoms with Gasteiger partial charge in [-0.25, -0.2) is 14.6 Å². The van der Waals surface area contributed by atoms with Crippen molar-refractivity contribution in [2.45, 2.75) is 71.2 Å². The van der Waals surface area contributed by atoms with Crippen molar-refractivity contribution >= 4 is 42.7 Å². The van der Waals surface area contributed by atoms with E-state index in [4.69, 9.17) is 9.47 Å². The highest BCUT2D eigenvalue weighted by Crippen LogP contribution is 2.32. The average Bonchev–Trinajstić information content (AvgIpc) is 3.27. The van der Waals surface area contributed by atoms with Crippen LogP contribution in [0.4, 0.5) is 4.79 Å². The first kappa shape index (κ1) is 25.1. The molecule has 2 rings (SSSR count). The fourth-order valence-electron chi connectivity index (χ4n) is 3.43. The Balaban J connectivity index is 2.09. The van der Waals surface area contributed by atoms with E-state index in [1.807, 2.05) is 24.6 Å². The molecule has 0 radical (unpaired) electrons. The fraction of sp³-hybridized carbons (Fsp3) is 0.750. The molecule has 1 aliphatic heterocycles. The topological polar surface area (TPSA) is 85.7 Å². The van der Waals surface area contributed by atoms with Crippen LogP contribution in [0, 0.1) is 9.62 Å². The highest BCUT2D eigenvalue weighted by Gasteiger charge is 2.36. The number of methoxy groups -OCH3 is 1. The summed E-state index contributed by atoms with van der Waals surface area (Å²) in [6.45, 7) is 12.5. The predicted molar refractivity (Wildman–Crippen MR) is 127 cm³/mol.